The Morgan fingerprint density at radius 3 is 1.89 bits per heavy atom. The molecule has 0 radical (unpaired) electrons. The molecule has 2 aromatic carbocycles. The molecule has 3 aliphatic heterocycles. The summed E-state index contributed by atoms with van der Waals surface area (Å²) in [6.45, 7) is 5.41. The number of aromatic hydroxyl groups is 1. The number of pyridine rings is 2. The number of phenolic OH excluding ortho intramolecular Hbond substituents is 1. The Balaban J connectivity index is 1.16. The summed E-state index contributed by atoms with van der Waals surface area (Å²) in [5, 5.41) is 111. The Kier molecular flexibility index (Phi) is 21.8. The van der Waals surface area contributed by atoms with Crippen LogP contribution in [0.1, 0.15) is 94.7 Å². The van der Waals surface area contributed by atoms with Crippen molar-refractivity contribution in [2.75, 3.05) is 19.7 Å². The molecule has 3 fully saturated rings. The Hall–Kier alpha value is -7.69. The predicted octanol–water partition coefficient (Wildman–Crippen LogP) is -1.36. The van der Waals surface area contributed by atoms with Gasteiger partial charge in [-0.25, -0.2) is 4.98 Å². The van der Waals surface area contributed by atoms with Crippen molar-refractivity contribution >= 4 is 41.4 Å². The van der Waals surface area contributed by atoms with Crippen LogP contribution in [0.25, 0.3) is 22.4 Å². The van der Waals surface area contributed by atoms with Gasteiger partial charge in [0.15, 0.2) is 6.23 Å². The molecule has 0 aliphatic carbocycles. The Labute approximate surface area is 484 Å². The second-order valence-electron chi connectivity index (χ2n) is 21.7. The van der Waals surface area contributed by atoms with Crippen molar-refractivity contribution in [3.63, 3.8) is 0 Å². The van der Waals surface area contributed by atoms with Crippen LogP contribution >= 0.6 is 0 Å². The molecule has 3 aliphatic rings. The maximum atomic E-state index is 14.5. The van der Waals surface area contributed by atoms with Crippen molar-refractivity contribution in [1.82, 2.24) is 46.4 Å². The van der Waals surface area contributed by atoms with Gasteiger partial charge in [0.25, 0.3) is 5.91 Å². The van der Waals surface area contributed by atoms with E-state index >= 15 is 0 Å². The third-order valence-electron chi connectivity index (χ3n) is 15.2. The second kappa shape index (κ2) is 28.7. The average Bonchev–Trinajstić information content (AvgIpc) is 3.26. The van der Waals surface area contributed by atoms with Crippen LogP contribution in [0.5, 0.6) is 11.6 Å². The summed E-state index contributed by atoms with van der Waals surface area (Å²) < 4.78 is 5.79. The number of unbranched alkanes of at least 4 members (excludes halogenated alkanes) is 4. The summed E-state index contributed by atoms with van der Waals surface area (Å²) in [6, 6.07) is 6.30. The van der Waals surface area contributed by atoms with Crippen molar-refractivity contribution in [1.29, 1.82) is 0 Å². The summed E-state index contributed by atoms with van der Waals surface area (Å²) in [7, 11) is 0. The van der Waals surface area contributed by atoms with E-state index in [0.29, 0.717) is 29.3 Å². The lowest BCUT2D eigenvalue weighted by molar-refractivity contribution is -0.148. The molecule has 84 heavy (non-hydrogen) atoms. The standard InChI is InChI=1S/C58H75N9O17/c1-5-6-7-8-9-22-84-43-21-17-36(26-60-43)39-20-16-35(25-59-39)32-10-12-34(13-11-32)51(76)61-40-24-42(72)54(79)65-56(81)47-48(73)29(2)27-67(47)58(83)45(31(4)69)63-55(80)46(50(75)49(74)33-14-18-37(70)19-15-33)64-53(78)41-23-38(71)28-66(41)57(82)44(30(3)68)62-52(40)77/h10-21,25-26,29-31,38,40-42,44-50,54,68-75,79H,5-9,22-24,27-28H2,1-4H3,(H,61,76)(H,62,77)(H,63,80)(H,64,78)(H,65,81)/t29-,30+,31+,38+,40-,41-,42+,44-,45-,46-,47-,48-,49-,50-,54+/m0/s1. The number of nitrogens with one attached hydrogen (secondary N) is 5. The zero-order chi connectivity index (χ0) is 61.1. The van der Waals surface area contributed by atoms with Gasteiger partial charge in [-0.2, -0.15) is 0 Å². The number of amides is 7. The van der Waals surface area contributed by atoms with Crippen molar-refractivity contribution in [3.05, 3.63) is 96.3 Å². The average molecular weight is 1170 g/mol. The topological polar surface area (TPSA) is 403 Å². The Morgan fingerprint density at radius 1 is 0.667 bits per heavy atom. The maximum Gasteiger partial charge on any atom is 0.251 e. The number of aromatic nitrogens is 2. The van der Waals surface area contributed by atoms with E-state index in [1.165, 1.54) is 37.6 Å². The van der Waals surface area contributed by atoms with Crippen LogP contribution in [0.4, 0.5) is 0 Å². The molecule has 5 heterocycles. The molecule has 0 bridgehead atoms. The fourth-order valence-electron chi connectivity index (χ4n) is 10.3. The quantitative estimate of drug-likeness (QED) is 0.0576. The molecule has 2 aromatic heterocycles. The molecule has 3 saturated heterocycles. The third-order valence-corrected chi connectivity index (χ3v) is 15.2. The zero-order valence-electron chi connectivity index (χ0n) is 46.9. The van der Waals surface area contributed by atoms with E-state index in [0.717, 1.165) is 67.0 Å². The van der Waals surface area contributed by atoms with E-state index in [4.69, 9.17) is 4.74 Å². The smallest absolute Gasteiger partial charge is 0.251 e. The first-order valence-corrected chi connectivity index (χ1v) is 28.0. The number of hydrogen-bond donors (Lipinski definition) is 14. The number of carbonyl (C=O) groups excluding carboxylic acids is 7. The molecular weight excluding hydrogens is 1090 g/mol. The zero-order valence-corrected chi connectivity index (χ0v) is 46.9. The number of benzene rings is 2. The van der Waals surface area contributed by atoms with Crippen LogP contribution in [0.15, 0.2) is 85.2 Å². The molecule has 15 atom stereocenters. The number of aliphatic hydroxyl groups is 8. The summed E-state index contributed by atoms with van der Waals surface area (Å²) in [5.74, 6) is -9.01. The molecule has 26 heteroatoms. The number of carbonyl (C=O) groups is 7. The van der Waals surface area contributed by atoms with Gasteiger partial charge in [0.2, 0.25) is 41.3 Å². The highest BCUT2D eigenvalue weighted by Gasteiger charge is 2.50. The van der Waals surface area contributed by atoms with Gasteiger partial charge in [-0.05, 0) is 67.8 Å². The minimum Gasteiger partial charge on any atom is -0.508 e. The molecule has 0 saturated carbocycles. The summed E-state index contributed by atoms with van der Waals surface area (Å²) in [4.78, 5) is 111. The van der Waals surface area contributed by atoms with Gasteiger partial charge in [0.05, 0.1) is 36.7 Å². The summed E-state index contributed by atoms with van der Waals surface area (Å²) in [6.07, 6.45) is -8.00. The summed E-state index contributed by atoms with van der Waals surface area (Å²) in [5.41, 5.74) is 2.61. The van der Waals surface area contributed by atoms with Crippen LogP contribution in [0.2, 0.25) is 0 Å². The molecule has 4 aromatic rings. The number of fused-ring (bicyclic) bond motifs is 2. The first kappa shape index (κ1) is 63.9. The lowest BCUT2D eigenvalue weighted by Crippen LogP contribution is -2.64. The van der Waals surface area contributed by atoms with E-state index in [-0.39, 0.29) is 23.4 Å². The number of rotatable bonds is 16. The lowest BCUT2D eigenvalue weighted by Gasteiger charge is -2.34. The molecule has 0 unspecified atom stereocenters. The minimum atomic E-state index is -2.30. The molecule has 7 amide bonds. The molecule has 7 rings (SSSR count). The molecule has 454 valence electrons. The molecule has 14 N–H and O–H groups in total. The van der Waals surface area contributed by atoms with E-state index in [1.807, 2.05) is 12.1 Å². The van der Waals surface area contributed by atoms with Crippen LogP contribution < -0.4 is 31.3 Å². The maximum absolute atomic E-state index is 14.5. The molecule has 26 nitrogen and oxygen atoms in total. The van der Waals surface area contributed by atoms with Crippen molar-refractivity contribution < 1.29 is 84.3 Å². The summed E-state index contributed by atoms with van der Waals surface area (Å²) >= 11 is 0. The number of hydrogen-bond acceptors (Lipinski definition) is 19. The Bertz CT molecular complexity index is 2920. The van der Waals surface area contributed by atoms with Crippen LogP contribution in [-0.2, 0) is 28.8 Å². The van der Waals surface area contributed by atoms with Crippen LogP contribution in [-0.4, -0.2) is 206 Å². The van der Waals surface area contributed by atoms with Gasteiger partial charge in [0, 0.05) is 67.0 Å². The first-order valence-electron chi connectivity index (χ1n) is 28.0. The van der Waals surface area contributed by atoms with E-state index in [2.05, 4.69) is 43.5 Å². The highest BCUT2D eigenvalue weighted by Crippen LogP contribution is 2.29. The fourth-order valence-corrected chi connectivity index (χ4v) is 10.3. The third kappa shape index (κ3) is 15.5. The van der Waals surface area contributed by atoms with E-state index in [1.54, 1.807) is 36.7 Å². The monoisotopic (exact) mass is 1170 g/mol. The number of ether oxygens (including phenoxy) is 1. The second-order valence-corrected chi connectivity index (χ2v) is 21.7. The SMILES string of the molecule is CCCCCCCOc1ccc(-c2ccc(-c3ccc(C(=O)N[C@H]4C[C@@H](O)[C@@H](O)NC(=O)[C@@H]5[C@@H](O)[C@@H](C)CN5C(=O)[C@H]([C@@H](C)O)NC(=O)[C@H]([C@H](O)[C@@H](O)c5ccc(O)cc5)NC(=O)[C@@H]5C[C@@H](O)CN5C(=O)[C@H]([C@@H](C)O)NC4=O)cc3)cn2)cn1. The van der Waals surface area contributed by atoms with Gasteiger partial charge >= 0.3 is 0 Å². The lowest BCUT2D eigenvalue weighted by atomic mass is 9.96. The van der Waals surface area contributed by atoms with Crippen molar-refractivity contribution in [2.45, 2.75) is 158 Å². The van der Waals surface area contributed by atoms with Crippen LogP contribution in [0.3, 0.4) is 0 Å². The minimum absolute atomic E-state index is 0.0178. The van der Waals surface area contributed by atoms with Gasteiger partial charge in [-0.1, -0.05) is 69.9 Å². The normalized spacial score (nSPS) is 27.2. The number of nitrogens with zero attached hydrogens (tertiary/aromatic N) is 4. The first-order chi connectivity index (χ1) is 40.0. The van der Waals surface area contributed by atoms with Gasteiger partial charge in [-0.3, -0.25) is 38.5 Å². The highest BCUT2D eigenvalue weighted by atomic mass is 16.5. The van der Waals surface area contributed by atoms with E-state index in [9.17, 15) is 79.5 Å². The fraction of sp³-hybridized carbons (Fsp3) is 0.500. The molecule has 0 spiro atoms. The van der Waals surface area contributed by atoms with Gasteiger partial charge < -0.3 is 87.1 Å². The molecular formula is C58H75N9O17. The highest BCUT2D eigenvalue weighted by molar-refractivity contribution is 6.00. The van der Waals surface area contributed by atoms with Gasteiger partial charge in [-0.15, -0.1) is 0 Å². The van der Waals surface area contributed by atoms with E-state index < -0.39 is 152 Å². The van der Waals surface area contributed by atoms with Gasteiger partial charge in [0.1, 0.15) is 60.3 Å². The Morgan fingerprint density at radius 2 is 1.27 bits per heavy atom. The number of phenols is 1. The largest absolute Gasteiger partial charge is 0.508 e. The van der Waals surface area contributed by atoms with Crippen molar-refractivity contribution in [2.24, 2.45) is 5.92 Å². The number of aliphatic hydroxyl groups excluding tert-OH is 8. The van der Waals surface area contributed by atoms with Crippen LogP contribution in [0, 0.1) is 5.92 Å². The van der Waals surface area contributed by atoms with Crippen molar-refractivity contribution in [3.8, 4) is 34.0 Å². The predicted molar refractivity (Wildman–Crippen MR) is 298 cm³/mol.